The number of carboxylic acid groups (broad SMARTS) is 1. The van der Waals surface area contributed by atoms with Crippen LogP contribution in [0.1, 0.15) is 31.4 Å². The van der Waals surface area contributed by atoms with Gasteiger partial charge in [-0.3, -0.25) is 9.59 Å². The highest BCUT2D eigenvalue weighted by molar-refractivity contribution is 5.86. The molecule has 0 unspecified atom stereocenters. The van der Waals surface area contributed by atoms with Crippen LogP contribution in [0.2, 0.25) is 0 Å². The van der Waals surface area contributed by atoms with Crippen LogP contribution in [0.15, 0.2) is 27.4 Å². The van der Waals surface area contributed by atoms with Crippen molar-refractivity contribution in [3.63, 3.8) is 0 Å². The number of carboxylic acids is 1. The Hall–Kier alpha value is -2.83. The van der Waals surface area contributed by atoms with E-state index in [0.717, 1.165) is 35.8 Å². The van der Waals surface area contributed by atoms with Gasteiger partial charge in [0, 0.05) is 17.0 Å². The summed E-state index contributed by atoms with van der Waals surface area (Å²) in [6, 6.07) is 4.11. The molecule has 1 aliphatic rings. The largest absolute Gasteiger partial charge is 0.481 e. The highest BCUT2D eigenvalue weighted by Gasteiger charge is 2.22. The van der Waals surface area contributed by atoms with Crippen molar-refractivity contribution in [2.45, 2.75) is 45.3 Å². The van der Waals surface area contributed by atoms with E-state index < -0.39 is 24.0 Å². The van der Waals surface area contributed by atoms with Crippen LogP contribution in [0.4, 0.5) is 0 Å². The summed E-state index contributed by atoms with van der Waals surface area (Å²) in [5, 5.41) is 12.1. The number of rotatable bonds is 5. The van der Waals surface area contributed by atoms with Gasteiger partial charge in [0.1, 0.15) is 17.4 Å². The fourth-order valence-electron chi connectivity index (χ4n) is 2.99. The number of carbonyl (C=O) groups is 2. The number of hydrogen-bond acceptors (Lipinski definition) is 5. The van der Waals surface area contributed by atoms with E-state index >= 15 is 0 Å². The van der Waals surface area contributed by atoms with Crippen molar-refractivity contribution in [3.8, 4) is 5.75 Å². The van der Waals surface area contributed by atoms with E-state index in [-0.39, 0.29) is 5.63 Å². The highest BCUT2D eigenvalue weighted by atomic mass is 16.5. The maximum atomic E-state index is 12.0. The summed E-state index contributed by atoms with van der Waals surface area (Å²) < 4.78 is 10.9. The van der Waals surface area contributed by atoms with Crippen molar-refractivity contribution in [1.29, 1.82) is 0 Å². The normalized spacial score (nSPS) is 15.4. The second-order valence-corrected chi connectivity index (χ2v) is 6.19. The molecule has 2 atom stereocenters. The monoisotopic (exact) mass is 345 g/mol. The average molecular weight is 345 g/mol. The Bertz CT molecular complexity index is 900. The fourth-order valence-corrected chi connectivity index (χ4v) is 2.99. The van der Waals surface area contributed by atoms with Crippen LogP contribution in [0.5, 0.6) is 5.75 Å². The smallest absolute Gasteiger partial charge is 0.339 e. The van der Waals surface area contributed by atoms with Crippen molar-refractivity contribution in [3.05, 3.63) is 39.7 Å². The number of amides is 1. The number of carbonyl (C=O) groups excluding carboxylic acids is 1. The molecule has 132 valence electrons. The second kappa shape index (κ2) is 6.58. The van der Waals surface area contributed by atoms with Crippen molar-refractivity contribution in [1.82, 2.24) is 5.32 Å². The molecule has 3 rings (SSSR count). The maximum Gasteiger partial charge on any atom is 0.339 e. The summed E-state index contributed by atoms with van der Waals surface area (Å²) in [5.74, 6) is -1.29. The minimum absolute atomic E-state index is 0.321. The summed E-state index contributed by atoms with van der Waals surface area (Å²) in [5.41, 5.74) is 1.88. The fraction of sp³-hybridized carbons (Fsp3) is 0.389. The topological polar surface area (TPSA) is 106 Å². The first-order chi connectivity index (χ1) is 11.9. The molecule has 0 spiro atoms. The molecule has 1 aliphatic carbocycles. The van der Waals surface area contributed by atoms with Gasteiger partial charge in [-0.1, -0.05) is 0 Å². The van der Waals surface area contributed by atoms with Gasteiger partial charge in [0.25, 0.3) is 5.91 Å². The first-order valence-electron chi connectivity index (χ1n) is 8.15. The molecule has 0 bridgehead atoms. The number of aliphatic carboxylic acids is 1. The third kappa shape index (κ3) is 3.35. The van der Waals surface area contributed by atoms with Crippen LogP contribution in [-0.4, -0.2) is 29.1 Å². The summed E-state index contributed by atoms with van der Waals surface area (Å²) in [4.78, 5) is 34.8. The summed E-state index contributed by atoms with van der Waals surface area (Å²) in [7, 11) is 0. The predicted octanol–water partition coefficient (Wildman–Crippen LogP) is 1.64. The van der Waals surface area contributed by atoms with Gasteiger partial charge in [-0.2, -0.15) is 0 Å². The van der Waals surface area contributed by atoms with E-state index in [1.807, 2.05) is 6.07 Å². The van der Waals surface area contributed by atoms with Gasteiger partial charge in [0.15, 0.2) is 6.10 Å². The van der Waals surface area contributed by atoms with Crippen molar-refractivity contribution >= 4 is 22.8 Å². The SMILES string of the molecule is C[C@H](NC(=O)[C@H](C)Oc1ccc2c3c(c(=O)oc2c1)CCC3)C(=O)O. The zero-order valence-corrected chi connectivity index (χ0v) is 14.0. The molecule has 2 aromatic rings. The van der Waals surface area contributed by atoms with Gasteiger partial charge in [-0.15, -0.1) is 0 Å². The lowest BCUT2D eigenvalue weighted by molar-refractivity contribution is -0.142. The number of fused-ring (bicyclic) bond motifs is 3. The Balaban J connectivity index is 1.81. The molecule has 1 amide bonds. The van der Waals surface area contributed by atoms with Crippen LogP contribution < -0.4 is 15.7 Å². The third-order valence-corrected chi connectivity index (χ3v) is 4.36. The summed E-state index contributed by atoms with van der Waals surface area (Å²) >= 11 is 0. The molecule has 0 saturated carbocycles. The van der Waals surface area contributed by atoms with Crippen LogP contribution in [0.25, 0.3) is 11.0 Å². The van der Waals surface area contributed by atoms with Crippen molar-refractivity contribution in [2.75, 3.05) is 0 Å². The van der Waals surface area contributed by atoms with Gasteiger partial charge in [-0.25, -0.2) is 4.79 Å². The molecule has 1 aromatic heterocycles. The van der Waals surface area contributed by atoms with Crippen molar-refractivity contribution < 1.29 is 23.8 Å². The summed E-state index contributed by atoms with van der Waals surface area (Å²) in [6.45, 7) is 2.89. The molecule has 0 saturated heterocycles. The lowest BCUT2D eigenvalue weighted by Crippen LogP contribution is -2.44. The minimum Gasteiger partial charge on any atom is -0.481 e. The lowest BCUT2D eigenvalue weighted by atomic mass is 10.1. The quantitative estimate of drug-likeness (QED) is 0.798. The number of benzene rings is 1. The van der Waals surface area contributed by atoms with E-state index in [9.17, 15) is 14.4 Å². The van der Waals surface area contributed by atoms with E-state index in [0.29, 0.717) is 11.3 Å². The van der Waals surface area contributed by atoms with E-state index in [1.165, 1.54) is 13.8 Å². The Labute approximate surface area is 143 Å². The zero-order valence-electron chi connectivity index (χ0n) is 14.0. The Morgan fingerprint density at radius 3 is 2.68 bits per heavy atom. The van der Waals surface area contributed by atoms with E-state index in [4.69, 9.17) is 14.3 Å². The Morgan fingerprint density at radius 1 is 1.24 bits per heavy atom. The molecule has 25 heavy (non-hydrogen) atoms. The standard InChI is InChI=1S/C18H19NO6/c1-9(17(21)22)19-16(20)10(2)24-11-6-7-13-12-4-3-5-14(12)18(23)25-15(13)8-11/h6-10H,3-5H2,1-2H3,(H,19,20)(H,21,22)/t9-,10-/m0/s1. The molecule has 1 heterocycles. The van der Waals surface area contributed by atoms with Crippen LogP contribution in [0, 0.1) is 0 Å². The van der Waals surface area contributed by atoms with Gasteiger partial charge in [-0.05, 0) is 50.8 Å². The molecular formula is C18H19NO6. The number of aryl methyl sites for hydroxylation is 1. The first-order valence-corrected chi connectivity index (χ1v) is 8.15. The van der Waals surface area contributed by atoms with Gasteiger partial charge >= 0.3 is 11.6 Å². The molecule has 7 heteroatoms. The number of ether oxygens (including phenoxy) is 1. The molecular weight excluding hydrogens is 326 g/mol. The van der Waals surface area contributed by atoms with Crippen LogP contribution in [-0.2, 0) is 22.4 Å². The van der Waals surface area contributed by atoms with E-state index in [1.54, 1.807) is 12.1 Å². The molecule has 2 N–H and O–H groups in total. The Morgan fingerprint density at radius 2 is 1.96 bits per heavy atom. The molecule has 0 aliphatic heterocycles. The predicted molar refractivity (Wildman–Crippen MR) is 89.8 cm³/mol. The first kappa shape index (κ1) is 17.0. The van der Waals surface area contributed by atoms with Crippen LogP contribution in [0.3, 0.4) is 0 Å². The molecule has 7 nitrogen and oxygen atoms in total. The van der Waals surface area contributed by atoms with Gasteiger partial charge in [0.05, 0.1) is 0 Å². The number of nitrogens with one attached hydrogen (secondary N) is 1. The maximum absolute atomic E-state index is 12.0. The second-order valence-electron chi connectivity index (χ2n) is 6.19. The molecule has 0 radical (unpaired) electrons. The van der Waals surface area contributed by atoms with Crippen molar-refractivity contribution in [2.24, 2.45) is 0 Å². The highest BCUT2D eigenvalue weighted by Crippen LogP contribution is 2.29. The third-order valence-electron chi connectivity index (χ3n) is 4.36. The average Bonchev–Trinajstić information content (AvgIpc) is 3.05. The van der Waals surface area contributed by atoms with Gasteiger partial charge < -0.3 is 19.6 Å². The minimum atomic E-state index is -1.12. The van der Waals surface area contributed by atoms with Crippen LogP contribution >= 0.6 is 0 Å². The van der Waals surface area contributed by atoms with Gasteiger partial charge in [0.2, 0.25) is 0 Å². The van der Waals surface area contributed by atoms with E-state index in [2.05, 4.69) is 5.32 Å². The number of hydrogen-bond donors (Lipinski definition) is 2. The molecule has 1 aromatic carbocycles. The zero-order chi connectivity index (χ0) is 18.1. The molecule has 0 fully saturated rings. The lowest BCUT2D eigenvalue weighted by Gasteiger charge is -2.17. The Kier molecular flexibility index (Phi) is 4.48. The summed E-state index contributed by atoms with van der Waals surface area (Å²) in [6.07, 6.45) is 1.64.